The summed E-state index contributed by atoms with van der Waals surface area (Å²) in [5.74, 6) is 1.38. The third kappa shape index (κ3) is 2.98. The maximum Gasteiger partial charge on any atom is 0.139 e. The van der Waals surface area contributed by atoms with Crippen molar-refractivity contribution in [2.75, 3.05) is 7.11 Å². The first-order valence-corrected chi connectivity index (χ1v) is 6.87. The zero-order valence-corrected chi connectivity index (χ0v) is 11.2. The fraction of sp³-hybridized carbons (Fsp3) is 0.438. The van der Waals surface area contributed by atoms with Gasteiger partial charge in [0.05, 0.1) is 7.11 Å². The van der Waals surface area contributed by atoms with Crippen LogP contribution in [0.25, 0.3) is 0 Å². The van der Waals surface area contributed by atoms with Crippen molar-refractivity contribution in [3.05, 3.63) is 41.6 Å². The fourth-order valence-electron chi connectivity index (χ4n) is 2.54. The molecule has 1 aromatic rings. The molecule has 0 aliphatic heterocycles. The monoisotopic (exact) mass is 257 g/mol. The molecule has 0 heterocycles. The molecule has 1 aromatic carbocycles. The molecule has 0 aromatic heterocycles. The lowest BCUT2D eigenvalue weighted by atomic mass is 9.87. The van der Waals surface area contributed by atoms with Gasteiger partial charge in [-0.3, -0.25) is 4.79 Å². The van der Waals surface area contributed by atoms with Crippen LogP contribution < -0.4 is 10.1 Å². The Kier molecular flexibility index (Phi) is 3.28. The van der Waals surface area contributed by atoms with Crippen LogP contribution in [-0.2, 0) is 4.79 Å². The van der Waals surface area contributed by atoms with Crippen molar-refractivity contribution in [2.45, 2.75) is 37.6 Å². The van der Waals surface area contributed by atoms with Crippen molar-refractivity contribution < 1.29 is 9.53 Å². The largest absolute Gasteiger partial charge is 0.497 e. The van der Waals surface area contributed by atoms with Crippen molar-refractivity contribution in [1.29, 1.82) is 0 Å². The molecule has 0 saturated heterocycles. The van der Waals surface area contributed by atoms with E-state index in [9.17, 15) is 4.79 Å². The second-order valence-corrected chi connectivity index (χ2v) is 5.41. The van der Waals surface area contributed by atoms with Crippen molar-refractivity contribution in [3.63, 3.8) is 0 Å². The van der Waals surface area contributed by atoms with Gasteiger partial charge >= 0.3 is 0 Å². The molecule has 3 nitrogen and oxygen atoms in total. The summed E-state index contributed by atoms with van der Waals surface area (Å²) in [5, 5.41) is 3.46. The summed E-state index contributed by atoms with van der Waals surface area (Å²) in [6.07, 6.45) is 5.88. The molecular weight excluding hydrogens is 238 g/mol. The number of Topliss-reactive ketones (excluding diaryl/α,β-unsaturated/α-hetero) is 1. The first kappa shape index (κ1) is 12.3. The molecule has 1 N–H and O–H groups in total. The van der Waals surface area contributed by atoms with E-state index in [1.54, 1.807) is 7.11 Å². The fourth-order valence-corrected chi connectivity index (χ4v) is 2.54. The van der Waals surface area contributed by atoms with E-state index < -0.39 is 0 Å². The number of ketones is 1. The van der Waals surface area contributed by atoms with Gasteiger partial charge in [-0.2, -0.15) is 0 Å². The second kappa shape index (κ2) is 5.08. The van der Waals surface area contributed by atoms with Crippen molar-refractivity contribution >= 4 is 5.78 Å². The topological polar surface area (TPSA) is 38.3 Å². The highest BCUT2D eigenvalue weighted by Crippen LogP contribution is 2.31. The van der Waals surface area contributed by atoms with Crippen LogP contribution in [0.2, 0.25) is 0 Å². The van der Waals surface area contributed by atoms with Gasteiger partial charge in [0.2, 0.25) is 0 Å². The van der Waals surface area contributed by atoms with Gasteiger partial charge in [0.15, 0.2) is 0 Å². The average molecular weight is 257 g/mol. The van der Waals surface area contributed by atoms with Crippen LogP contribution in [0, 0.1) is 0 Å². The molecule has 3 rings (SSSR count). The number of ether oxygens (including phenoxy) is 1. The molecular formula is C16H19NO2. The van der Waals surface area contributed by atoms with E-state index in [1.165, 1.54) is 18.4 Å². The molecule has 1 fully saturated rings. The van der Waals surface area contributed by atoms with Gasteiger partial charge in [-0.1, -0.05) is 18.2 Å². The molecule has 19 heavy (non-hydrogen) atoms. The molecule has 3 heteroatoms. The lowest BCUT2D eigenvalue weighted by Gasteiger charge is -2.22. The Bertz CT molecular complexity index is 500. The summed E-state index contributed by atoms with van der Waals surface area (Å²) >= 11 is 0. The van der Waals surface area contributed by atoms with Gasteiger partial charge in [-0.05, 0) is 30.5 Å². The Balaban J connectivity index is 1.78. The number of benzene rings is 1. The average Bonchev–Trinajstić information content (AvgIpc) is 3.22. The summed E-state index contributed by atoms with van der Waals surface area (Å²) in [4.78, 5) is 11.9. The van der Waals surface area contributed by atoms with E-state index >= 15 is 0 Å². The van der Waals surface area contributed by atoms with Gasteiger partial charge in [0, 0.05) is 30.5 Å². The Labute approximate surface area is 113 Å². The predicted octanol–water partition coefficient (Wildman–Crippen LogP) is 2.78. The summed E-state index contributed by atoms with van der Waals surface area (Å²) in [5.41, 5.74) is 2.29. The number of methoxy groups -OCH3 is 1. The van der Waals surface area contributed by atoms with Crippen LogP contribution in [0.15, 0.2) is 36.0 Å². The third-order valence-corrected chi connectivity index (χ3v) is 3.75. The highest BCUT2D eigenvalue weighted by Gasteiger charge is 2.26. The van der Waals surface area contributed by atoms with E-state index in [-0.39, 0.29) is 5.92 Å². The molecule has 1 saturated carbocycles. The standard InChI is InChI=1S/C16H19NO2/c1-19-16-6-2-11(3-7-16)12-8-14(10-15(18)9-12)17-13-4-5-13/h2-3,6-8,12-13,17H,4-5,9-10H2,1H3. The minimum atomic E-state index is 0.202. The number of hydrogen-bond donors (Lipinski definition) is 1. The van der Waals surface area contributed by atoms with Gasteiger partial charge in [-0.15, -0.1) is 0 Å². The van der Waals surface area contributed by atoms with E-state index in [2.05, 4.69) is 11.4 Å². The van der Waals surface area contributed by atoms with Crippen LogP contribution in [0.5, 0.6) is 5.75 Å². The number of rotatable bonds is 4. The van der Waals surface area contributed by atoms with E-state index in [0.717, 1.165) is 11.4 Å². The van der Waals surface area contributed by atoms with E-state index in [0.29, 0.717) is 24.7 Å². The number of carbonyl (C=O) groups excluding carboxylic acids is 1. The Morgan fingerprint density at radius 1 is 1.21 bits per heavy atom. The van der Waals surface area contributed by atoms with Crippen molar-refractivity contribution in [3.8, 4) is 5.75 Å². The molecule has 0 radical (unpaired) electrons. The minimum Gasteiger partial charge on any atom is -0.497 e. The molecule has 0 spiro atoms. The van der Waals surface area contributed by atoms with E-state index in [1.807, 2.05) is 24.3 Å². The lowest BCUT2D eigenvalue weighted by Crippen LogP contribution is -2.23. The number of hydrogen-bond acceptors (Lipinski definition) is 3. The summed E-state index contributed by atoms with van der Waals surface area (Å²) in [7, 11) is 1.66. The second-order valence-electron chi connectivity index (χ2n) is 5.41. The third-order valence-electron chi connectivity index (χ3n) is 3.75. The number of carbonyl (C=O) groups is 1. The lowest BCUT2D eigenvalue weighted by molar-refractivity contribution is -0.119. The van der Waals surface area contributed by atoms with Gasteiger partial charge in [0.1, 0.15) is 11.5 Å². The van der Waals surface area contributed by atoms with Crippen LogP contribution in [0.3, 0.4) is 0 Å². The van der Waals surface area contributed by atoms with Gasteiger partial charge in [0.25, 0.3) is 0 Å². The minimum absolute atomic E-state index is 0.202. The predicted molar refractivity (Wildman–Crippen MR) is 74.2 cm³/mol. The quantitative estimate of drug-likeness (QED) is 0.901. The first-order chi connectivity index (χ1) is 9.24. The molecule has 0 bridgehead atoms. The summed E-state index contributed by atoms with van der Waals surface area (Å²) in [6.45, 7) is 0. The highest BCUT2D eigenvalue weighted by molar-refractivity contribution is 5.83. The Morgan fingerprint density at radius 2 is 1.95 bits per heavy atom. The molecule has 100 valence electrons. The van der Waals surface area contributed by atoms with Crippen LogP contribution in [0.1, 0.15) is 37.2 Å². The van der Waals surface area contributed by atoms with E-state index in [4.69, 9.17) is 4.74 Å². The van der Waals surface area contributed by atoms with Crippen LogP contribution >= 0.6 is 0 Å². The zero-order valence-electron chi connectivity index (χ0n) is 11.2. The molecule has 1 atom stereocenters. The molecule has 2 aliphatic carbocycles. The van der Waals surface area contributed by atoms with Crippen molar-refractivity contribution in [2.24, 2.45) is 0 Å². The maximum atomic E-state index is 11.9. The SMILES string of the molecule is COc1ccc(C2C=C(NC3CC3)CC(=O)C2)cc1. The maximum absolute atomic E-state index is 11.9. The molecule has 1 unspecified atom stereocenters. The Morgan fingerprint density at radius 3 is 2.58 bits per heavy atom. The number of allylic oxidation sites excluding steroid dienone is 2. The molecule has 2 aliphatic rings. The van der Waals surface area contributed by atoms with Crippen LogP contribution in [-0.4, -0.2) is 18.9 Å². The van der Waals surface area contributed by atoms with Gasteiger partial charge < -0.3 is 10.1 Å². The summed E-state index contributed by atoms with van der Waals surface area (Å²) in [6, 6.07) is 8.61. The normalized spacial score (nSPS) is 22.9. The summed E-state index contributed by atoms with van der Waals surface area (Å²) < 4.78 is 5.16. The van der Waals surface area contributed by atoms with Gasteiger partial charge in [-0.25, -0.2) is 0 Å². The van der Waals surface area contributed by atoms with Crippen LogP contribution in [0.4, 0.5) is 0 Å². The zero-order chi connectivity index (χ0) is 13.2. The van der Waals surface area contributed by atoms with Crippen molar-refractivity contribution in [1.82, 2.24) is 5.32 Å². The smallest absolute Gasteiger partial charge is 0.139 e. The Hall–Kier alpha value is -1.77. The highest BCUT2D eigenvalue weighted by atomic mass is 16.5. The first-order valence-electron chi connectivity index (χ1n) is 6.87. The number of nitrogens with one attached hydrogen (secondary N) is 1. The molecule has 0 amide bonds.